The zero-order valence-corrected chi connectivity index (χ0v) is 9.98. The third kappa shape index (κ3) is 2.34. The number of ketones is 1. The van der Waals surface area contributed by atoms with Crippen molar-refractivity contribution in [1.29, 1.82) is 0 Å². The summed E-state index contributed by atoms with van der Waals surface area (Å²) in [7, 11) is 1.43. The van der Waals surface area contributed by atoms with Gasteiger partial charge in [0.15, 0.2) is 0 Å². The van der Waals surface area contributed by atoms with E-state index in [-0.39, 0.29) is 11.3 Å². The maximum atomic E-state index is 13.2. The number of hydrogen-bond donors (Lipinski definition) is 0. The van der Waals surface area contributed by atoms with E-state index in [4.69, 9.17) is 4.74 Å². The van der Waals surface area contributed by atoms with Crippen LogP contribution in [0.1, 0.15) is 21.9 Å². The van der Waals surface area contributed by atoms with Crippen molar-refractivity contribution in [3.05, 3.63) is 53.4 Å². The quantitative estimate of drug-likeness (QED) is 0.779. The summed E-state index contributed by atoms with van der Waals surface area (Å²) in [6.45, 7) is 1.68. The number of carbonyl (C=O) groups excluding carboxylic acids is 1. The lowest BCUT2D eigenvalue weighted by Crippen LogP contribution is -2.08. The molecule has 0 radical (unpaired) electrons. The summed E-state index contributed by atoms with van der Waals surface area (Å²) in [5.41, 5.74) is 0.363. The molecule has 1 heterocycles. The molecule has 18 heavy (non-hydrogen) atoms. The fourth-order valence-corrected chi connectivity index (χ4v) is 1.58. The van der Waals surface area contributed by atoms with E-state index in [0.717, 1.165) is 6.07 Å². The third-order valence-electron chi connectivity index (χ3n) is 2.41. The first-order valence-electron chi connectivity index (χ1n) is 5.29. The molecule has 1 aromatic heterocycles. The highest BCUT2D eigenvalue weighted by Crippen LogP contribution is 2.21. The van der Waals surface area contributed by atoms with Gasteiger partial charge in [-0.15, -0.1) is 0 Å². The van der Waals surface area contributed by atoms with Crippen LogP contribution in [0.15, 0.2) is 30.5 Å². The second-order valence-electron chi connectivity index (χ2n) is 3.66. The van der Waals surface area contributed by atoms with Crippen molar-refractivity contribution >= 4 is 5.78 Å². The second kappa shape index (κ2) is 4.91. The number of ether oxygens (including phenoxy) is 1. The van der Waals surface area contributed by atoms with Gasteiger partial charge in [-0.3, -0.25) is 4.79 Å². The van der Waals surface area contributed by atoms with Gasteiger partial charge in [0.1, 0.15) is 23.1 Å². The highest BCUT2D eigenvalue weighted by atomic mass is 19.1. The van der Waals surface area contributed by atoms with E-state index in [2.05, 4.69) is 9.97 Å². The molecular formula is C13H11FN2O2. The van der Waals surface area contributed by atoms with E-state index in [9.17, 15) is 9.18 Å². The summed E-state index contributed by atoms with van der Waals surface area (Å²) in [4.78, 5) is 20.1. The highest BCUT2D eigenvalue weighted by molar-refractivity contribution is 6.09. The van der Waals surface area contributed by atoms with Gasteiger partial charge < -0.3 is 4.74 Å². The Morgan fingerprint density at radius 2 is 2.11 bits per heavy atom. The molecule has 0 aliphatic rings. The van der Waals surface area contributed by atoms with Crippen LogP contribution in [0.3, 0.4) is 0 Å². The van der Waals surface area contributed by atoms with Crippen molar-refractivity contribution in [1.82, 2.24) is 9.97 Å². The molecule has 0 saturated carbocycles. The molecule has 0 N–H and O–H groups in total. The molecule has 0 amide bonds. The number of carbonyl (C=O) groups is 1. The Balaban J connectivity index is 2.48. The fraction of sp³-hybridized carbons (Fsp3) is 0.154. The molecule has 4 nitrogen and oxygen atoms in total. The van der Waals surface area contributed by atoms with E-state index in [0.29, 0.717) is 11.6 Å². The molecule has 0 atom stereocenters. The average Bonchev–Trinajstić information content (AvgIpc) is 2.38. The Bertz CT molecular complexity index is 599. The molecule has 0 fully saturated rings. The Morgan fingerprint density at radius 3 is 2.78 bits per heavy atom. The largest absolute Gasteiger partial charge is 0.496 e. The third-order valence-corrected chi connectivity index (χ3v) is 2.41. The summed E-state index contributed by atoms with van der Waals surface area (Å²) < 4.78 is 18.2. The van der Waals surface area contributed by atoms with Crippen molar-refractivity contribution in [2.75, 3.05) is 7.11 Å². The van der Waals surface area contributed by atoms with Crippen LogP contribution in [0.2, 0.25) is 0 Å². The number of rotatable bonds is 3. The predicted octanol–water partition coefficient (Wildman–Crippen LogP) is 2.16. The smallest absolute Gasteiger partial charge is 0.215 e. The van der Waals surface area contributed by atoms with E-state index >= 15 is 0 Å². The van der Waals surface area contributed by atoms with Crippen molar-refractivity contribution < 1.29 is 13.9 Å². The van der Waals surface area contributed by atoms with Gasteiger partial charge in [0.2, 0.25) is 5.78 Å². The molecule has 0 aliphatic carbocycles. The first kappa shape index (κ1) is 12.2. The summed E-state index contributed by atoms with van der Waals surface area (Å²) in [6.07, 6.45) is 1.49. The maximum absolute atomic E-state index is 13.2. The van der Waals surface area contributed by atoms with Crippen LogP contribution >= 0.6 is 0 Å². The Hall–Kier alpha value is -2.30. The molecule has 2 aromatic rings. The average molecular weight is 246 g/mol. The molecule has 0 spiro atoms. The molecule has 0 bridgehead atoms. The highest BCUT2D eigenvalue weighted by Gasteiger charge is 2.16. The van der Waals surface area contributed by atoms with Crippen molar-refractivity contribution in [3.8, 4) is 5.75 Å². The van der Waals surface area contributed by atoms with Gasteiger partial charge in [0, 0.05) is 6.20 Å². The minimum absolute atomic E-state index is 0.149. The SMILES string of the molecule is COc1ccc(F)cc1C(=O)c1ccnc(C)n1. The van der Waals surface area contributed by atoms with Crippen LogP contribution in [-0.4, -0.2) is 22.9 Å². The van der Waals surface area contributed by atoms with E-state index in [1.54, 1.807) is 6.92 Å². The second-order valence-corrected chi connectivity index (χ2v) is 3.66. The maximum Gasteiger partial charge on any atom is 0.215 e. The number of aromatic nitrogens is 2. The van der Waals surface area contributed by atoms with Crippen LogP contribution < -0.4 is 4.74 Å². The number of hydrogen-bond acceptors (Lipinski definition) is 4. The van der Waals surface area contributed by atoms with Crippen LogP contribution in [0.25, 0.3) is 0 Å². The first-order chi connectivity index (χ1) is 8.61. The van der Waals surface area contributed by atoms with Crippen molar-refractivity contribution in [3.63, 3.8) is 0 Å². The Labute approximate surface area is 103 Å². The monoisotopic (exact) mass is 246 g/mol. The van der Waals surface area contributed by atoms with Gasteiger partial charge >= 0.3 is 0 Å². The molecule has 1 aromatic carbocycles. The Morgan fingerprint density at radius 1 is 1.33 bits per heavy atom. The van der Waals surface area contributed by atoms with Gasteiger partial charge in [-0.05, 0) is 31.2 Å². The molecule has 0 unspecified atom stereocenters. The van der Waals surface area contributed by atoms with Gasteiger partial charge in [0.25, 0.3) is 0 Å². The lowest BCUT2D eigenvalue weighted by molar-refractivity contribution is 0.103. The lowest BCUT2D eigenvalue weighted by Gasteiger charge is -2.07. The number of benzene rings is 1. The molecule has 5 heteroatoms. The summed E-state index contributed by atoms with van der Waals surface area (Å²) in [5, 5.41) is 0. The predicted molar refractivity (Wildman–Crippen MR) is 63.2 cm³/mol. The fourth-order valence-electron chi connectivity index (χ4n) is 1.58. The van der Waals surface area contributed by atoms with Gasteiger partial charge in [0.05, 0.1) is 12.7 Å². The van der Waals surface area contributed by atoms with Gasteiger partial charge in [-0.25, -0.2) is 14.4 Å². The minimum atomic E-state index is -0.495. The zero-order valence-electron chi connectivity index (χ0n) is 9.98. The molecule has 2 rings (SSSR count). The van der Waals surface area contributed by atoms with E-state index < -0.39 is 11.6 Å². The number of halogens is 1. The first-order valence-corrected chi connectivity index (χ1v) is 5.29. The molecular weight excluding hydrogens is 235 g/mol. The molecule has 92 valence electrons. The van der Waals surface area contributed by atoms with Crippen LogP contribution in [0, 0.1) is 12.7 Å². The van der Waals surface area contributed by atoms with Crippen LogP contribution in [0.5, 0.6) is 5.75 Å². The van der Waals surface area contributed by atoms with Crippen LogP contribution in [0.4, 0.5) is 4.39 Å². The zero-order chi connectivity index (χ0) is 13.1. The lowest BCUT2D eigenvalue weighted by atomic mass is 10.1. The molecule has 0 saturated heterocycles. The normalized spacial score (nSPS) is 10.2. The van der Waals surface area contributed by atoms with Crippen LogP contribution in [-0.2, 0) is 0 Å². The number of aryl methyl sites for hydroxylation is 1. The summed E-state index contributed by atoms with van der Waals surface area (Å²) >= 11 is 0. The summed E-state index contributed by atoms with van der Waals surface area (Å²) in [6, 6.07) is 5.27. The van der Waals surface area contributed by atoms with Gasteiger partial charge in [-0.2, -0.15) is 0 Å². The summed E-state index contributed by atoms with van der Waals surface area (Å²) in [5.74, 6) is -0.0873. The van der Waals surface area contributed by atoms with Crippen molar-refractivity contribution in [2.45, 2.75) is 6.92 Å². The molecule has 0 aliphatic heterocycles. The number of methoxy groups -OCH3 is 1. The Kier molecular flexibility index (Phi) is 3.32. The number of nitrogens with zero attached hydrogens (tertiary/aromatic N) is 2. The standard InChI is InChI=1S/C13H11FN2O2/c1-8-15-6-5-11(16-8)13(17)10-7-9(14)3-4-12(10)18-2/h3-7H,1-2H3. The van der Waals surface area contributed by atoms with Gasteiger partial charge in [-0.1, -0.05) is 0 Å². The minimum Gasteiger partial charge on any atom is -0.496 e. The van der Waals surface area contributed by atoms with Crippen molar-refractivity contribution in [2.24, 2.45) is 0 Å². The van der Waals surface area contributed by atoms with E-state index in [1.165, 1.54) is 31.5 Å². The van der Waals surface area contributed by atoms with E-state index in [1.807, 2.05) is 0 Å². The topological polar surface area (TPSA) is 52.1 Å².